The second kappa shape index (κ2) is 8.61. The van der Waals surface area contributed by atoms with Gasteiger partial charge in [-0.1, -0.05) is 29.2 Å². The molecule has 3 rings (SSSR count). The van der Waals surface area contributed by atoms with Gasteiger partial charge in [0, 0.05) is 5.71 Å². The largest absolute Gasteiger partial charge is 0.465 e. The number of ether oxygens (including phenoxy) is 1. The van der Waals surface area contributed by atoms with Crippen molar-refractivity contribution < 1.29 is 19.1 Å². The fraction of sp³-hybridized carbons (Fsp3) is 0.333. The highest BCUT2D eigenvalue weighted by molar-refractivity contribution is 8.14. The van der Waals surface area contributed by atoms with E-state index in [0.717, 1.165) is 27.5 Å². The third-order valence-corrected chi connectivity index (χ3v) is 5.77. The van der Waals surface area contributed by atoms with Gasteiger partial charge >= 0.3 is 12.0 Å². The minimum atomic E-state index is -0.860. The van der Waals surface area contributed by atoms with Crippen LogP contribution in [0.2, 0.25) is 0 Å². The van der Waals surface area contributed by atoms with Crippen molar-refractivity contribution in [1.82, 2.24) is 4.98 Å². The summed E-state index contributed by atoms with van der Waals surface area (Å²) in [7, 11) is 0. The molecule has 0 spiro atoms. The van der Waals surface area contributed by atoms with Gasteiger partial charge in [-0.15, -0.1) is 0 Å². The number of thioether (sulfide) groups is 1. The number of aliphatic imine (C=N–C) groups is 2. The Kier molecular flexibility index (Phi) is 6.20. The van der Waals surface area contributed by atoms with E-state index in [-0.39, 0.29) is 23.3 Å². The molecule has 10 heteroatoms. The van der Waals surface area contributed by atoms with E-state index in [9.17, 15) is 14.4 Å². The van der Waals surface area contributed by atoms with Crippen LogP contribution in [0, 0.1) is 12.8 Å². The number of benzene rings is 1. The summed E-state index contributed by atoms with van der Waals surface area (Å²) in [6.45, 7) is 5.45. The molecule has 1 aromatic carbocycles. The molecule has 0 saturated heterocycles. The second-order valence-electron chi connectivity index (χ2n) is 6.00. The fourth-order valence-corrected chi connectivity index (χ4v) is 4.48. The predicted octanol–water partition coefficient (Wildman–Crippen LogP) is 3.45. The van der Waals surface area contributed by atoms with Crippen molar-refractivity contribution in [3.63, 3.8) is 0 Å². The van der Waals surface area contributed by atoms with E-state index in [1.807, 2.05) is 25.1 Å². The topological polar surface area (TPSA) is 110 Å². The van der Waals surface area contributed by atoms with Crippen molar-refractivity contribution in [1.29, 1.82) is 0 Å². The van der Waals surface area contributed by atoms with Crippen molar-refractivity contribution >= 4 is 67.1 Å². The lowest BCUT2D eigenvalue weighted by molar-refractivity contribution is -0.143. The van der Waals surface area contributed by atoms with Gasteiger partial charge in [0.1, 0.15) is 5.92 Å². The van der Waals surface area contributed by atoms with Crippen LogP contribution in [0.1, 0.15) is 19.4 Å². The minimum absolute atomic E-state index is 0.0236. The number of esters is 1. The van der Waals surface area contributed by atoms with Gasteiger partial charge in [-0.05, 0) is 38.5 Å². The molecule has 1 N–H and O–H groups in total. The molecule has 146 valence electrons. The van der Waals surface area contributed by atoms with E-state index in [1.54, 1.807) is 13.8 Å². The SMILES string of the molecule is CCOC(=O)C1C(C)=NC(=O)N=C1SCC(=O)Nc1nc2ccc(C)cc2s1. The molecule has 1 aliphatic rings. The lowest BCUT2D eigenvalue weighted by atomic mass is 10.1. The molecule has 1 aliphatic heterocycles. The van der Waals surface area contributed by atoms with Gasteiger partial charge < -0.3 is 10.1 Å². The Labute approximate surface area is 169 Å². The summed E-state index contributed by atoms with van der Waals surface area (Å²) in [6.07, 6.45) is 0. The Balaban J connectivity index is 1.66. The third-order valence-electron chi connectivity index (χ3n) is 3.81. The van der Waals surface area contributed by atoms with Crippen LogP contribution in [0.25, 0.3) is 10.2 Å². The second-order valence-corrected chi connectivity index (χ2v) is 8.02. The molecule has 2 heterocycles. The van der Waals surface area contributed by atoms with Gasteiger partial charge in [0.2, 0.25) is 5.91 Å². The lowest BCUT2D eigenvalue weighted by Crippen LogP contribution is -2.34. The molecule has 0 saturated carbocycles. The van der Waals surface area contributed by atoms with E-state index in [1.165, 1.54) is 11.3 Å². The first-order valence-corrected chi connectivity index (χ1v) is 10.3. The average molecular weight is 419 g/mol. The highest BCUT2D eigenvalue weighted by atomic mass is 32.2. The van der Waals surface area contributed by atoms with Gasteiger partial charge in [-0.25, -0.2) is 9.78 Å². The van der Waals surface area contributed by atoms with Crippen LogP contribution in [0.4, 0.5) is 9.93 Å². The van der Waals surface area contributed by atoms with E-state index in [2.05, 4.69) is 20.3 Å². The summed E-state index contributed by atoms with van der Waals surface area (Å²) < 4.78 is 6.01. The number of carbonyl (C=O) groups excluding carboxylic acids is 3. The zero-order valence-electron chi connectivity index (χ0n) is 15.5. The van der Waals surface area contributed by atoms with Crippen molar-refractivity contribution in [2.45, 2.75) is 20.8 Å². The van der Waals surface area contributed by atoms with Gasteiger partial charge in [-0.3, -0.25) is 9.59 Å². The highest BCUT2D eigenvalue weighted by Gasteiger charge is 2.33. The molecule has 1 aromatic heterocycles. The van der Waals surface area contributed by atoms with Crippen LogP contribution in [0.3, 0.4) is 0 Å². The molecule has 1 unspecified atom stereocenters. The van der Waals surface area contributed by atoms with Crippen LogP contribution in [0.5, 0.6) is 0 Å². The number of nitrogens with zero attached hydrogens (tertiary/aromatic N) is 3. The van der Waals surface area contributed by atoms with Gasteiger partial charge in [0.25, 0.3) is 0 Å². The molecule has 0 radical (unpaired) electrons. The summed E-state index contributed by atoms with van der Waals surface area (Å²) in [6, 6.07) is 5.18. The lowest BCUT2D eigenvalue weighted by Gasteiger charge is -2.19. The number of hydrogen-bond acceptors (Lipinski definition) is 7. The highest BCUT2D eigenvalue weighted by Crippen LogP contribution is 2.27. The Bertz CT molecular complexity index is 1010. The normalized spacial score (nSPS) is 16.5. The van der Waals surface area contributed by atoms with Crippen LogP contribution >= 0.6 is 23.1 Å². The quantitative estimate of drug-likeness (QED) is 0.745. The van der Waals surface area contributed by atoms with E-state index in [4.69, 9.17) is 4.74 Å². The molecule has 8 nitrogen and oxygen atoms in total. The Morgan fingerprint density at radius 2 is 2.07 bits per heavy atom. The molecular weight excluding hydrogens is 400 g/mol. The zero-order chi connectivity index (χ0) is 20.3. The molecule has 3 amide bonds. The van der Waals surface area contributed by atoms with Crippen molar-refractivity contribution in [2.24, 2.45) is 15.9 Å². The number of carbonyl (C=O) groups is 3. The number of anilines is 1. The maximum absolute atomic E-state index is 12.3. The monoisotopic (exact) mass is 418 g/mol. The number of aryl methyl sites for hydroxylation is 1. The fourth-order valence-electron chi connectivity index (χ4n) is 2.57. The summed E-state index contributed by atoms with van der Waals surface area (Å²) in [5, 5.41) is 3.45. The van der Waals surface area contributed by atoms with Crippen LogP contribution in [0.15, 0.2) is 28.2 Å². The van der Waals surface area contributed by atoms with Crippen LogP contribution in [-0.4, -0.2) is 46.0 Å². The number of fused-ring (bicyclic) bond motifs is 1. The summed E-state index contributed by atoms with van der Waals surface area (Å²) in [4.78, 5) is 48.0. The standard InChI is InChI=1S/C18H18N4O4S2/c1-4-26-16(24)14-10(3)19-17(25)22-15(14)27-8-13(23)21-18-20-11-6-5-9(2)7-12(11)28-18/h5-7,14H,4,8H2,1-3H3,(H,20,21,23). The van der Waals surface area contributed by atoms with Crippen molar-refractivity contribution in [3.8, 4) is 0 Å². The number of amides is 3. The molecule has 28 heavy (non-hydrogen) atoms. The minimum Gasteiger partial charge on any atom is -0.465 e. The number of aromatic nitrogens is 1. The molecular formula is C18H18N4O4S2. The Hall–Kier alpha value is -2.59. The molecule has 2 aromatic rings. The van der Waals surface area contributed by atoms with Crippen molar-refractivity contribution in [2.75, 3.05) is 17.7 Å². The number of thiazole rings is 1. The zero-order valence-corrected chi connectivity index (χ0v) is 17.1. The van der Waals surface area contributed by atoms with E-state index < -0.39 is 17.9 Å². The maximum atomic E-state index is 12.3. The van der Waals surface area contributed by atoms with Crippen molar-refractivity contribution in [3.05, 3.63) is 23.8 Å². The van der Waals surface area contributed by atoms with E-state index >= 15 is 0 Å². The molecule has 0 bridgehead atoms. The van der Waals surface area contributed by atoms with Crippen LogP contribution < -0.4 is 5.32 Å². The van der Waals surface area contributed by atoms with E-state index in [0.29, 0.717) is 10.8 Å². The number of hydrogen-bond donors (Lipinski definition) is 1. The Morgan fingerprint density at radius 1 is 1.29 bits per heavy atom. The molecule has 0 fully saturated rings. The average Bonchev–Trinajstić information content (AvgIpc) is 3.00. The first-order valence-electron chi connectivity index (χ1n) is 8.51. The molecule has 0 aliphatic carbocycles. The van der Waals surface area contributed by atoms with Crippen LogP contribution in [-0.2, 0) is 14.3 Å². The molecule has 1 atom stereocenters. The number of urea groups is 1. The number of rotatable bonds is 5. The first-order chi connectivity index (χ1) is 13.4. The predicted molar refractivity (Wildman–Crippen MR) is 112 cm³/mol. The first kappa shape index (κ1) is 20.2. The Morgan fingerprint density at radius 3 is 2.82 bits per heavy atom. The summed E-state index contributed by atoms with van der Waals surface area (Å²) in [5.41, 5.74) is 2.24. The third kappa shape index (κ3) is 4.63. The summed E-state index contributed by atoms with van der Waals surface area (Å²) in [5.74, 6) is -1.73. The van der Waals surface area contributed by atoms with Gasteiger partial charge in [0.15, 0.2) is 5.13 Å². The maximum Gasteiger partial charge on any atom is 0.367 e. The van der Waals surface area contributed by atoms with Gasteiger partial charge in [-0.2, -0.15) is 9.98 Å². The van der Waals surface area contributed by atoms with Gasteiger partial charge in [0.05, 0.1) is 27.6 Å². The number of nitrogens with one attached hydrogen (secondary N) is 1. The summed E-state index contributed by atoms with van der Waals surface area (Å²) >= 11 is 2.40. The smallest absolute Gasteiger partial charge is 0.367 e.